The average molecular weight is 284 g/mol. The lowest BCUT2D eigenvalue weighted by molar-refractivity contribution is -0.0563. The van der Waals surface area contributed by atoms with Crippen LogP contribution in [0.2, 0.25) is 0 Å². The van der Waals surface area contributed by atoms with Crippen molar-refractivity contribution in [3.63, 3.8) is 0 Å². The molecular formula is C13H18BrNO. The first-order valence-electron chi connectivity index (χ1n) is 5.74. The highest BCUT2D eigenvalue weighted by Gasteiger charge is 2.50. The van der Waals surface area contributed by atoms with Gasteiger partial charge in [0.15, 0.2) is 0 Å². The van der Waals surface area contributed by atoms with E-state index >= 15 is 0 Å². The Kier molecular flexibility index (Phi) is 3.27. The number of halogens is 1. The zero-order chi connectivity index (χ0) is 11.8. The van der Waals surface area contributed by atoms with Crippen LogP contribution in [0.3, 0.4) is 0 Å². The number of para-hydroxylation sites is 1. The van der Waals surface area contributed by atoms with E-state index in [0.29, 0.717) is 0 Å². The van der Waals surface area contributed by atoms with Crippen molar-refractivity contribution in [2.45, 2.75) is 38.8 Å². The van der Waals surface area contributed by atoms with E-state index in [1.165, 1.54) is 0 Å². The minimum Gasteiger partial charge on any atom is -0.489 e. The second-order valence-electron chi connectivity index (χ2n) is 4.74. The van der Waals surface area contributed by atoms with Crippen LogP contribution >= 0.6 is 15.9 Å². The first kappa shape index (κ1) is 11.9. The third kappa shape index (κ3) is 1.87. The van der Waals surface area contributed by atoms with E-state index < -0.39 is 0 Å². The summed E-state index contributed by atoms with van der Waals surface area (Å²) in [5.41, 5.74) is 6.18. The van der Waals surface area contributed by atoms with Gasteiger partial charge in [-0.3, -0.25) is 0 Å². The van der Waals surface area contributed by atoms with Crippen LogP contribution in [0.5, 0.6) is 5.75 Å². The molecule has 2 rings (SSSR count). The molecule has 0 bridgehead atoms. The van der Waals surface area contributed by atoms with Crippen LogP contribution < -0.4 is 10.5 Å². The molecular weight excluding hydrogens is 266 g/mol. The molecule has 3 unspecified atom stereocenters. The first-order chi connectivity index (χ1) is 7.58. The molecule has 1 fully saturated rings. The lowest BCUT2D eigenvalue weighted by Gasteiger charge is -2.51. The Morgan fingerprint density at radius 1 is 1.50 bits per heavy atom. The van der Waals surface area contributed by atoms with Crippen molar-refractivity contribution in [3.8, 4) is 5.75 Å². The molecule has 0 saturated heterocycles. The van der Waals surface area contributed by atoms with Gasteiger partial charge in [0.1, 0.15) is 11.9 Å². The summed E-state index contributed by atoms with van der Waals surface area (Å²) >= 11 is 3.50. The zero-order valence-corrected chi connectivity index (χ0v) is 11.3. The Bertz CT molecular complexity index is 382. The number of rotatable bonds is 3. The summed E-state index contributed by atoms with van der Waals surface area (Å²) in [6.07, 6.45) is 2.25. The van der Waals surface area contributed by atoms with Gasteiger partial charge in [0.05, 0.1) is 4.47 Å². The third-order valence-electron chi connectivity index (χ3n) is 3.92. The molecule has 1 saturated carbocycles. The second kappa shape index (κ2) is 4.38. The highest BCUT2D eigenvalue weighted by molar-refractivity contribution is 9.10. The van der Waals surface area contributed by atoms with Crippen LogP contribution in [0.1, 0.15) is 26.7 Å². The molecule has 0 amide bonds. The molecule has 0 aliphatic heterocycles. The molecule has 0 spiro atoms. The number of hydrogen-bond acceptors (Lipinski definition) is 2. The van der Waals surface area contributed by atoms with Gasteiger partial charge in [-0.2, -0.15) is 0 Å². The predicted octanol–water partition coefficient (Wildman–Crippen LogP) is 3.34. The van der Waals surface area contributed by atoms with E-state index in [9.17, 15) is 0 Å². The van der Waals surface area contributed by atoms with Gasteiger partial charge >= 0.3 is 0 Å². The molecule has 2 N–H and O–H groups in total. The predicted molar refractivity (Wildman–Crippen MR) is 69.5 cm³/mol. The van der Waals surface area contributed by atoms with Crippen LogP contribution in [0.4, 0.5) is 0 Å². The van der Waals surface area contributed by atoms with Gasteiger partial charge in [-0.25, -0.2) is 0 Å². The summed E-state index contributed by atoms with van der Waals surface area (Å²) in [6.45, 7) is 4.39. The number of ether oxygens (including phenoxy) is 1. The summed E-state index contributed by atoms with van der Waals surface area (Å²) in [6, 6.07) is 8.23. The summed E-state index contributed by atoms with van der Waals surface area (Å²) in [4.78, 5) is 0. The van der Waals surface area contributed by atoms with E-state index in [4.69, 9.17) is 10.5 Å². The van der Waals surface area contributed by atoms with E-state index in [-0.39, 0.29) is 17.6 Å². The number of benzene rings is 1. The van der Waals surface area contributed by atoms with Gasteiger partial charge in [-0.15, -0.1) is 0 Å². The van der Waals surface area contributed by atoms with Gasteiger partial charge in [0.2, 0.25) is 0 Å². The first-order valence-corrected chi connectivity index (χ1v) is 6.54. The maximum Gasteiger partial charge on any atom is 0.133 e. The SMILES string of the molecule is CCC1(C)C(N)CC1Oc1ccccc1Br. The van der Waals surface area contributed by atoms with Crippen LogP contribution in [0, 0.1) is 5.41 Å². The molecule has 0 heterocycles. The normalized spacial score (nSPS) is 33.2. The second-order valence-corrected chi connectivity index (χ2v) is 5.59. The molecule has 88 valence electrons. The quantitative estimate of drug-likeness (QED) is 0.924. The number of nitrogens with two attached hydrogens (primary N) is 1. The summed E-state index contributed by atoms with van der Waals surface area (Å²) < 4.78 is 7.04. The molecule has 1 aromatic carbocycles. The van der Waals surface area contributed by atoms with E-state index in [1.54, 1.807) is 0 Å². The highest BCUT2D eigenvalue weighted by atomic mass is 79.9. The molecule has 0 radical (unpaired) electrons. The van der Waals surface area contributed by atoms with E-state index in [2.05, 4.69) is 29.8 Å². The van der Waals surface area contributed by atoms with Gasteiger partial charge in [-0.1, -0.05) is 26.0 Å². The van der Waals surface area contributed by atoms with Gasteiger partial charge in [0.25, 0.3) is 0 Å². The lowest BCUT2D eigenvalue weighted by atomic mass is 9.62. The van der Waals surface area contributed by atoms with Crippen molar-refractivity contribution < 1.29 is 4.74 Å². The highest BCUT2D eigenvalue weighted by Crippen LogP contribution is 2.45. The molecule has 2 nitrogen and oxygen atoms in total. The van der Waals surface area contributed by atoms with Gasteiger partial charge < -0.3 is 10.5 Å². The Balaban J connectivity index is 2.10. The van der Waals surface area contributed by atoms with Crippen molar-refractivity contribution in [1.29, 1.82) is 0 Å². The maximum atomic E-state index is 6.06. The van der Waals surface area contributed by atoms with E-state index in [0.717, 1.165) is 23.1 Å². The Hall–Kier alpha value is -0.540. The van der Waals surface area contributed by atoms with Gasteiger partial charge in [-0.05, 0) is 34.5 Å². The fraction of sp³-hybridized carbons (Fsp3) is 0.538. The molecule has 16 heavy (non-hydrogen) atoms. The van der Waals surface area contributed by atoms with Crippen molar-refractivity contribution in [2.24, 2.45) is 11.1 Å². The van der Waals surface area contributed by atoms with Crippen molar-refractivity contribution in [1.82, 2.24) is 0 Å². The van der Waals surface area contributed by atoms with Crippen molar-refractivity contribution in [3.05, 3.63) is 28.7 Å². The summed E-state index contributed by atoms with van der Waals surface area (Å²) in [5, 5.41) is 0. The van der Waals surface area contributed by atoms with Crippen LogP contribution in [-0.2, 0) is 0 Å². The Morgan fingerprint density at radius 3 is 2.75 bits per heavy atom. The minimum absolute atomic E-state index is 0.120. The lowest BCUT2D eigenvalue weighted by Crippen LogP contribution is -2.61. The molecule has 3 heteroatoms. The topological polar surface area (TPSA) is 35.2 Å². The fourth-order valence-electron chi connectivity index (χ4n) is 2.21. The fourth-order valence-corrected chi connectivity index (χ4v) is 2.59. The summed E-state index contributed by atoms with van der Waals surface area (Å²) in [5.74, 6) is 0.916. The molecule has 1 aliphatic carbocycles. The Labute approximate surface area is 105 Å². The third-order valence-corrected chi connectivity index (χ3v) is 4.57. The largest absolute Gasteiger partial charge is 0.489 e. The monoisotopic (exact) mass is 283 g/mol. The van der Waals surface area contributed by atoms with Crippen LogP contribution in [0.25, 0.3) is 0 Å². The average Bonchev–Trinajstić information content (AvgIpc) is 2.30. The Morgan fingerprint density at radius 2 is 2.19 bits per heavy atom. The smallest absolute Gasteiger partial charge is 0.133 e. The van der Waals surface area contributed by atoms with Crippen LogP contribution in [0.15, 0.2) is 28.7 Å². The van der Waals surface area contributed by atoms with Crippen molar-refractivity contribution in [2.75, 3.05) is 0 Å². The molecule has 0 aromatic heterocycles. The zero-order valence-electron chi connectivity index (χ0n) is 9.74. The minimum atomic E-state index is 0.120. The molecule has 3 atom stereocenters. The number of hydrogen-bond donors (Lipinski definition) is 1. The summed E-state index contributed by atoms with van der Waals surface area (Å²) in [7, 11) is 0. The molecule has 1 aromatic rings. The van der Waals surface area contributed by atoms with Crippen LogP contribution in [-0.4, -0.2) is 12.1 Å². The van der Waals surface area contributed by atoms with Crippen molar-refractivity contribution >= 4 is 15.9 Å². The molecule has 1 aliphatic rings. The standard InChI is InChI=1S/C13H18BrNO/c1-3-13(2)11(15)8-12(13)16-10-7-5-4-6-9(10)14/h4-7,11-12H,3,8,15H2,1-2H3. The maximum absolute atomic E-state index is 6.06. The van der Waals surface area contributed by atoms with E-state index in [1.807, 2.05) is 24.3 Å². The van der Waals surface area contributed by atoms with Gasteiger partial charge in [0, 0.05) is 17.9 Å².